The number of aromatic nitrogens is 4. The van der Waals surface area contributed by atoms with Crippen molar-refractivity contribution in [3.05, 3.63) is 58.6 Å². The zero-order chi connectivity index (χ0) is 20.7. The molecular weight excluding hydrogens is 364 g/mol. The molecule has 0 unspecified atom stereocenters. The molecule has 0 aliphatic heterocycles. The Kier molecular flexibility index (Phi) is 4.86. The number of oxazole rings is 1. The highest BCUT2D eigenvalue weighted by Gasteiger charge is 2.15. The van der Waals surface area contributed by atoms with E-state index in [1.54, 1.807) is 4.68 Å². The fraction of sp³-hybridized carbons (Fsp3) is 0.348. The predicted octanol–water partition coefficient (Wildman–Crippen LogP) is 5.25. The van der Waals surface area contributed by atoms with Gasteiger partial charge in [0, 0.05) is 24.1 Å². The number of fused-ring (bicyclic) bond motifs is 1. The highest BCUT2D eigenvalue weighted by atomic mass is 16.5. The maximum absolute atomic E-state index is 5.95. The molecule has 6 heteroatoms. The lowest BCUT2D eigenvalue weighted by atomic mass is 10.0. The topological polar surface area (TPSA) is 66.0 Å². The molecule has 0 aliphatic rings. The fourth-order valence-electron chi connectivity index (χ4n) is 3.54. The summed E-state index contributed by atoms with van der Waals surface area (Å²) in [5.74, 6) is 2.42. The summed E-state index contributed by atoms with van der Waals surface area (Å²) in [6.45, 7) is 10.6. The number of nitrogens with zero attached hydrogens (tertiary/aromatic N) is 4. The van der Waals surface area contributed by atoms with Gasteiger partial charge in [-0.3, -0.25) is 4.68 Å². The van der Waals surface area contributed by atoms with Crippen LogP contribution in [-0.4, -0.2) is 19.7 Å². The molecule has 0 radical (unpaired) electrons. The van der Waals surface area contributed by atoms with E-state index in [0.29, 0.717) is 24.3 Å². The molecule has 0 fully saturated rings. The van der Waals surface area contributed by atoms with Crippen LogP contribution in [0.1, 0.15) is 48.0 Å². The molecule has 0 amide bonds. The summed E-state index contributed by atoms with van der Waals surface area (Å²) in [6, 6.07) is 10.3. The Labute approximate surface area is 170 Å². The van der Waals surface area contributed by atoms with Crippen molar-refractivity contribution in [1.29, 1.82) is 0 Å². The molecular formula is C23H26N4O2. The second kappa shape index (κ2) is 7.35. The normalized spacial score (nSPS) is 11.6. The minimum Gasteiger partial charge on any atom is -0.471 e. The van der Waals surface area contributed by atoms with Crippen LogP contribution in [0.4, 0.5) is 0 Å². The summed E-state index contributed by atoms with van der Waals surface area (Å²) >= 11 is 0. The van der Waals surface area contributed by atoms with Gasteiger partial charge >= 0.3 is 0 Å². The minimum atomic E-state index is 0.300. The van der Waals surface area contributed by atoms with Crippen LogP contribution in [0.3, 0.4) is 0 Å². The fourth-order valence-corrected chi connectivity index (χ4v) is 3.54. The number of ether oxygens (including phenoxy) is 1. The van der Waals surface area contributed by atoms with E-state index >= 15 is 0 Å². The highest BCUT2D eigenvalue weighted by molar-refractivity contribution is 5.82. The first-order valence-corrected chi connectivity index (χ1v) is 9.84. The smallest absolute Gasteiger partial charge is 0.226 e. The number of rotatable bonds is 5. The first-order chi connectivity index (χ1) is 13.8. The van der Waals surface area contributed by atoms with Crippen LogP contribution in [0, 0.1) is 20.8 Å². The molecule has 0 saturated heterocycles. The number of benzene rings is 1. The van der Waals surface area contributed by atoms with Crippen molar-refractivity contribution >= 4 is 11.0 Å². The maximum atomic E-state index is 5.95. The Morgan fingerprint density at radius 3 is 2.48 bits per heavy atom. The van der Waals surface area contributed by atoms with E-state index < -0.39 is 0 Å². The van der Waals surface area contributed by atoms with Gasteiger partial charge in [0.05, 0.1) is 5.69 Å². The average molecular weight is 390 g/mol. The monoisotopic (exact) mass is 390 g/mol. The Balaban J connectivity index is 1.55. The Bertz CT molecular complexity index is 1170. The van der Waals surface area contributed by atoms with Gasteiger partial charge in [-0.05, 0) is 49.9 Å². The van der Waals surface area contributed by atoms with Gasteiger partial charge in [0.1, 0.15) is 18.1 Å². The molecule has 4 rings (SSSR count). The Hall–Kier alpha value is -3.15. The largest absolute Gasteiger partial charge is 0.471 e. The van der Waals surface area contributed by atoms with E-state index in [-0.39, 0.29) is 0 Å². The van der Waals surface area contributed by atoms with Crippen molar-refractivity contribution in [2.75, 3.05) is 0 Å². The minimum absolute atomic E-state index is 0.300. The van der Waals surface area contributed by atoms with Gasteiger partial charge in [-0.1, -0.05) is 26.0 Å². The van der Waals surface area contributed by atoms with Gasteiger partial charge in [0.15, 0.2) is 5.65 Å². The van der Waals surface area contributed by atoms with Crippen LogP contribution in [-0.2, 0) is 13.7 Å². The molecule has 3 aromatic heterocycles. The van der Waals surface area contributed by atoms with E-state index in [2.05, 4.69) is 53.2 Å². The van der Waals surface area contributed by atoms with Crippen molar-refractivity contribution in [2.24, 2.45) is 7.05 Å². The maximum Gasteiger partial charge on any atom is 0.226 e. The van der Waals surface area contributed by atoms with Crippen LogP contribution >= 0.6 is 0 Å². The van der Waals surface area contributed by atoms with Crippen LogP contribution < -0.4 is 4.74 Å². The summed E-state index contributed by atoms with van der Waals surface area (Å²) < 4.78 is 13.6. The second-order valence-corrected chi connectivity index (χ2v) is 7.77. The van der Waals surface area contributed by atoms with Gasteiger partial charge in [0.2, 0.25) is 11.8 Å². The molecule has 0 aliphatic carbocycles. The van der Waals surface area contributed by atoms with Crippen molar-refractivity contribution in [3.8, 4) is 17.3 Å². The number of hydrogen-bond acceptors (Lipinski definition) is 5. The summed E-state index contributed by atoms with van der Waals surface area (Å²) in [7, 11) is 1.89. The van der Waals surface area contributed by atoms with E-state index in [1.807, 2.05) is 33.9 Å². The SMILES string of the molecule is Cc1oc(-c2ccc(C(C)C)cc2)nc1COc1cc(C)c2c(C)nn(C)c2n1. The number of pyridine rings is 1. The third-order valence-corrected chi connectivity index (χ3v) is 5.22. The van der Waals surface area contributed by atoms with Crippen molar-refractivity contribution in [3.63, 3.8) is 0 Å². The Morgan fingerprint density at radius 2 is 1.79 bits per heavy atom. The van der Waals surface area contributed by atoms with Crippen LogP contribution in [0.5, 0.6) is 5.88 Å². The lowest BCUT2D eigenvalue weighted by molar-refractivity contribution is 0.288. The first-order valence-electron chi connectivity index (χ1n) is 9.84. The van der Waals surface area contributed by atoms with Crippen LogP contribution in [0.25, 0.3) is 22.5 Å². The van der Waals surface area contributed by atoms with Crippen molar-refractivity contribution < 1.29 is 9.15 Å². The zero-order valence-electron chi connectivity index (χ0n) is 17.8. The molecule has 0 saturated carbocycles. The zero-order valence-corrected chi connectivity index (χ0v) is 17.8. The van der Waals surface area contributed by atoms with Crippen LogP contribution in [0.15, 0.2) is 34.7 Å². The lowest BCUT2D eigenvalue weighted by Gasteiger charge is -2.06. The van der Waals surface area contributed by atoms with Crippen LogP contribution in [0.2, 0.25) is 0 Å². The average Bonchev–Trinajstić information content (AvgIpc) is 3.19. The highest BCUT2D eigenvalue weighted by Crippen LogP contribution is 2.27. The standard InChI is InChI=1S/C23H26N4O2/c1-13(2)17-7-9-18(10-8-17)23-24-19(16(5)29-23)12-28-20-11-14(3)21-15(4)26-27(6)22(21)25-20/h7-11,13H,12H2,1-6H3. The number of hydrogen-bond donors (Lipinski definition) is 0. The summed E-state index contributed by atoms with van der Waals surface area (Å²) in [5, 5.41) is 5.52. The summed E-state index contributed by atoms with van der Waals surface area (Å²) in [4.78, 5) is 9.25. The summed E-state index contributed by atoms with van der Waals surface area (Å²) in [6.07, 6.45) is 0. The van der Waals surface area contributed by atoms with E-state index in [4.69, 9.17) is 9.15 Å². The first kappa shape index (κ1) is 19.2. The molecule has 1 aromatic carbocycles. The second-order valence-electron chi connectivity index (χ2n) is 7.77. The quantitative estimate of drug-likeness (QED) is 0.465. The molecule has 150 valence electrons. The lowest BCUT2D eigenvalue weighted by Crippen LogP contribution is -2.01. The predicted molar refractivity (Wildman–Crippen MR) is 113 cm³/mol. The molecule has 3 heterocycles. The van der Waals surface area contributed by atoms with Crippen molar-refractivity contribution in [1.82, 2.24) is 19.7 Å². The van der Waals surface area contributed by atoms with Gasteiger partial charge in [-0.2, -0.15) is 10.1 Å². The van der Waals surface area contributed by atoms with E-state index in [9.17, 15) is 0 Å². The van der Waals surface area contributed by atoms with E-state index in [0.717, 1.165) is 39.3 Å². The van der Waals surface area contributed by atoms with Gasteiger partial charge < -0.3 is 9.15 Å². The molecule has 0 N–H and O–H groups in total. The molecule has 29 heavy (non-hydrogen) atoms. The molecule has 0 spiro atoms. The molecule has 4 aromatic rings. The third-order valence-electron chi connectivity index (χ3n) is 5.22. The number of aryl methyl sites for hydroxylation is 4. The van der Waals surface area contributed by atoms with Gasteiger partial charge in [0.25, 0.3) is 0 Å². The van der Waals surface area contributed by atoms with E-state index in [1.165, 1.54) is 5.56 Å². The van der Waals surface area contributed by atoms with Gasteiger partial charge in [-0.25, -0.2) is 4.98 Å². The van der Waals surface area contributed by atoms with Gasteiger partial charge in [-0.15, -0.1) is 0 Å². The third kappa shape index (κ3) is 3.62. The Morgan fingerprint density at radius 1 is 1.07 bits per heavy atom. The molecule has 0 bridgehead atoms. The van der Waals surface area contributed by atoms with Crippen molar-refractivity contribution in [2.45, 2.75) is 47.1 Å². The molecule has 6 nitrogen and oxygen atoms in total. The summed E-state index contributed by atoms with van der Waals surface area (Å²) in [5.41, 5.74) is 5.92. The molecule has 0 atom stereocenters.